The molecule has 0 radical (unpaired) electrons. The molecule has 0 aromatic carbocycles. The Balaban J connectivity index is 1.93. The molecule has 2 N–H and O–H groups in total. The van der Waals surface area contributed by atoms with Crippen molar-refractivity contribution in [2.24, 2.45) is 17.6 Å². The molecular weight excluding hydrogens is 204 g/mol. The smallest absolute Gasteiger partial charge is 0.410 e. The lowest BCUT2D eigenvalue weighted by Gasteiger charge is -2.24. The minimum absolute atomic E-state index is 0.200. The molecule has 1 fully saturated rings. The van der Waals surface area contributed by atoms with E-state index in [2.05, 4.69) is 6.08 Å². The van der Waals surface area contributed by atoms with Crippen LogP contribution in [0, 0.1) is 11.8 Å². The first kappa shape index (κ1) is 11.3. The van der Waals surface area contributed by atoms with Crippen molar-refractivity contribution < 1.29 is 9.53 Å². The molecule has 0 aromatic heterocycles. The van der Waals surface area contributed by atoms with Gasteiger partial charge in [-0.1, -0.05) is 6.08 Å². The number of hydrogen-bond acceptors (Lipinski definition) is 3. The molecule has 0 saturated carbocycles. The molecule has 2 rings (SSSR count). The van der Waals surface area contributed by atoms with Gasteiger partial charge in [-0.15, -0.1) is 0 Å². The molecule has 4 nitrogen and oxygen atoms in total. The molecule has 0 unspecified atom stereocenters. The summed E-state index contributed by atoms with van der Waals surface area (Å²) in [6, 6.07) is 0. The second-order valence-electron chi connectivity index (χ2n) is 5.75. The molecule has 1 amide bonds. The molecule has 0 spiro atoms. The summed E-state index contributed by atoms with van der Waals surface area (Å²) in [5.41, 5.74) is 6.33. The third kappa shape index (κ3) is 2.31. The Morgan fingerprint density at radius 2 is 2.19 bits per heavy atom. The number of fused-ring (bicyclic) bond motifs is 1. The van der Waals surface area contributed by atoms with Crippen LogP contribution in [-0.2, 0) is 4.74 Å². The topological polar surface area (TPSA) is 55.6 Å². The lowest BCUT2D eigenvalue weighted by Crippen LogP contribution is -2.35. The summed E-state index contributed by atoms with van der Waals surface area (Å²) in [4.78, 5) is 13.6. The zero-order chi connectivity index (χ0) is 11.9. The van der Waals surface area contributed by atoms with Gasteiger partial charge in [0.2, 0.25) is 0 Å². The number of hydrogen-bond donors (Lipinski definition) is 1. The molecule has 2 aliphatic rings. The highest BCUT2D eigenvalue weighted by Gasteiger charge is 2.38. The minimum atomic E-state index is -0.413. The Kier molecular flexibility index (Phi) is 2.60. The van der Waals surface area contributed by atoms with Crippen molar-refractivity contribution in [1.82, 2.24) is 4.90 Å². The van der Waals surface area contributed by atoms with Crippen LogP contribution in [-0.4, -0.2) is 29.7 Å². The lowest BCUT2D eigenvalue weighted by molar-refractivity contribution is 0.0285. The summed E-state index contributed by atoms with van der Waals surface area (Å²) < 4.78 is 5.35. The fourth-order valence-corrected chi connectivity index (χ4v) is 2.42. The van der Waals surface area contributed by atoms with Gasteiger partial charge in [0, 0.05) is 24.7 Å². The first-order valence-corrected chi connectivity index (χ1v) is 5.79. The fourth-order valence-electron chi connectivity index (χ4n) is 2.42. The zero-order valence-electron chi connectivity index (χ0n) is 10.2. The number of carbonyl (C=O) groups excluding carboxylic acids is 1. The summed E-state index contributed by atoms with van der Waals surface area (Å²) in [6.45, 7) is 7.19. The van der Waals surface area contributed by atoms with Crippen LogP contribution in [0.2, 0.25) is 0 Å². The van der Waals surface area contributed by atoms with Crippen LogP contribution in [0.25, 0.3) is 0 Å². The van der Waals surface area contributed by atoms with E-state index in [9.17, 15) is 4.79 Å². The monoisotopic (exact) mass is 224 g/mol. The molecule has 2 atom stereocenters. The fraction of sp³-hybridized carbons (Fsp3) is 0.750. The molecule has 0 bridgehead atoms. The van der Waals surface area contributed by atoms with E-state index in [-0.39, 0.29) is 6.09 Å². The average molecular weight is 224 g/mol. The minimum Gasteiger partial charge on any atom is -0.444 e. The van der Waals surface area contributed by atoms with E-state index >= 15 is 0 Å². The van der Waals surface area contributed by atoms with Gasteiger partial charge < -0.3 is 15.4 Å². The molecule has 1 aliphatic heterocycles. The van der Waals surface area contributed by atoms with Crippen molar-refractivity contribution in [2.45, 2.75) is 32.8 Å². The number of nitrogens with two attached hydrogens (primary N) is 1. The Morgan fingerprint density at radius 3 is 2.75 bits per heavy atom. The maximum atomic E-state index is 11.8. The second-order valence-corrected chi connectivity index (χ2v) is 5.75. The van der Waals surface area contributed by atoms with Gasteiger partial charge >= 0.3 is 6.09 Å². The molecule has 90 valence electrons. The van der Waals surface area contributed by atoms with Crippen molar-refractivity contribution in [3.8, 4) is 0 Å². The maximum Gasteiger partial charge on any atom is 0.410 e. The number of nitrogens with zero attached hydrogens (tertiary/aromatic N) is 1. The summed E-state index contributed by atoms with van der Waals surface area (Å²) in [6.07, 6.45) is 2.81. The van der Waals surface area contributed by atoms with Crippen LogP contribution in [0.4, 0.5) is 4.79 Å². The van der Waals surface area contributed by atoms with Crippen LogP contribution in [0.3, 0.4) is 0 Å². The van der Waals surface area contributed by atoms with E-state index in [1.807, 2.05) is 20.8 Å². The SMILES string of the molecule is CC(C)(C)OC(=O)N1C[C@@H]2CC(N)=C[C@@H]2C1. The molecule has 1 aliphatic carbocycles. The molecule has 16 heavy (non-hydrogen) atoms. The van der Waals surface area contributed by atoms with Crippen molar-refractivity contribution >= 4 is 6.09 Å². The summed E-state index contributed by atoms with van der Waals surface area (Å²) >= 11 is 0. The molecular formula is C12H20N2O2. The van der Waals surface area contributed by atoms with E-state index in [4.69, 9.17) is 10.5 Å². The Bertz CT molecular complexity index is 330. The standard InChI is InChI=1S/C12H20N2O2/c1-12(2,3)16-11(15)14-6-8-4-10(13)5-9(8)7-14/h4,8-9H,5-7,13H2,1-3H3/t8-,9+/m1/s1. The van der Waals surface area contributed by atoms with E-state index in [1.54, 1.807) is 4.90 Å². The van der Waals surface area contributed by atoms with E-state index in [0.717, 1.165) is 25.2 Å². The summed E-state index contributed by atoms with van der Waals surface area (Å²) in [7, 11) is 0. The Hall–Kier alpha value is -1.19. The summed E-state index contributed by atoms with van der Waals surface area (Å²) in [5, 5.41) is 0. The number of allylic oxidation sites excluding steroid dienone is 1. The summed E-state index contributed by atoms with van der Waals surface area (Å²) in [5.74, 6) is 0.944. The third-order valence-corrected chi connectivity index (χ3v) is 3.07. The molecule has 0 aromatic rings. The van der Waals surface area contributed by atoms with Crippen molar-refractivity contribution in [3.63, 3.8) is 0 Å². The van der Waals surface area contributed by atoms with Crippen molar-refractivity contribution in [3.05, 3.63) is 11.8 Å². The Morgan fingerprint density at radius 1 is 1.50 bits per heavy atom. The predicted octanol–water partition coefficient (Wildman–Crippen LogP) is 1.72. The zero-order valence-corrected chi connectivity index (χ0v) is 10.2. The third-order valence-electron chi connectivity index (χ3n) is 3.07. The van der Waals surface area contributed by atoms with Gasteiger partial charge in [0.25, 0.3) is 0 Å². The first-order chi connectivity index (χ1) is 7.35. The van der Waals surface area contributed by atoms with E-state index < -0.39 is 5.60 Å². The van der Waals surface area contributed by atoms with Crippen molar-refractivity contribution in [1.29, 1.82) is 0 Å². The number of rotatable bonds is 0. The van der Waals surface area contributed by atoms with Crippen molar-refractivity contribution in [2.75, 3.05) is 13.1 Å². The van der Waals surface area contributed by atoms with Crippen LogP contribution < -0.4 is 5.73 Å². The van der Waals surface area contributed by atoms with E-state index in [1.165, 1.54) is 0 Å². The normalized spacial score (nSPS) is 28.9. The number of carbonyl (C=O) groups is 1. The quantitative estimate of drug-likeness (QED) is 0.681. The lowest BCUT2D eigenvalue weighted by atomic mass is 10.0. The predicted molar refractivity (Wildman–Crippen MR) is 61.7 cm³/mol. The largest absolute Gasteiger partial charge is 0.444 e. The molecule has 4 heteroatoms. The van der Waals surface area contributed by atoms with Crippen LogP contribution >= 0.6 is 0 Å². The first-order valence-electron chi connectivity index (χ1n) is 5.79. The highest BCUT2D eigenvalue weighted by atomic mass is 16.6. The number of amides is 1. The van der Waals surface area contributed by atoms with Gasteiger partial charge in [-0.25, -0.2) is 4.79 Å². The van der Waals surface area contributed by atoms with Crippen LogP contribution in [0.1, 0.15) is 27.2 Å². The van der Waals surface area contributed by atoms with Gasteiger partial charge in [-0.3, -0.25) is 0 Å². The van der Waals surface area contributed by atoms with Gasteiger partial charge in [-0.05, 0) is 33.1 Å². The highest BCUT2D eigenvalue weighted by molar-refractivity contribution is 5.68. The number of likely N-dealkylation sites (tertiary alicyclic amines) is 1. The van der Waals surface area contributed by atoms with Gasteiger partial charge in [0.15, 0.2) is 0 Å². The number of ether oxygens (including phenoxy) is 1. The van der Waals surface area contributed by atoms with E-state index in [0.29, 0.717) is 11.8 Å². The Labute approximate surface area is 96.4 Å². The second kappa shape index (κ2) is 3.68. The highest BCUT2D eigenvalue weighted by Crippen LogP contribution is 2.35. The van der Waals surface area contributed by atoms with Gasteiger partial charge in [0.05, 0.1) is 0 Å². The van der Waals surface area contributed by atoms with Gasteiger partial charge in [-0.2, -0.15) is 0 Å². The van der Waals surface area contributed by atoms with Crippen LogP contribution in [0.5, 0.6) is 0 Å². The maximum absolute atomic E-state index is 11.8. The molecule has 1 saturated heterocycles. The van der Waals surface area contributed by atoms with Gasteiger partial charge in [0.1, 0.15) is 5.60 Å². The average Bonchev–Trinajstić information content (AvgIpc) is 2.56. The molecule has 1 heterocycles. The van der Waals surface area contributed by atoms with Crippen LogP contribution in [0.15, 0.2) is 11.8 Å².